The summed E-state index contributed by atoms with van der Waals surface area (Å²) in [5.74, 6) is 1.53. The number of aromatic amines is 1. The van der Waals surface area contributed by atoms with E-state index in [2.05, 4.69) is 44.5 Å². The number of benzene rings is 1. The molecule has 194 valence electrons. The van der Waals surface area contributed by atoms with Crippen molar-refractivity contribution in [2.24, 2.45) is 0 Å². The van der Waals surface area contributed by atoms with Gasteiger partial charge >= 0.3 is 0 Å². The lowest BCUT2D eigenvalue weighted by Crippen LogP contribution is -2.39. The molecule has 37 heavy (non-hydrogen) atoms. The Bertz CT molecular complexity index is 1380. The van der Waals surface area contributed by atoms with Crippen molar-refractivity contribution < 1.29 is 9.15 Å². The predicted octanol–water partition coefficient (Wildman–Crippen LogP) is 4.56. The summed E-state index contributed by atoms with van der Waals surface area (Å²) >= 11 is 0. The first-order chi connectivity index (χ1) is 18.2. The highest BCUT2D eigenvalue weighted by atomic mass is 16.5. The fourth-order valence-corrected chi connectivity index (χ4v) is 5.90. The molecule has 2 fully saturated rings. The number of tetrazole rings is 1. The van der Waals surface area contributed by atoms with Crippen LogP contribution < -0.4 is 5.56 Å². The van der Waals surface area contributed by atoms with E-state index < -0.39 is 6.04 Å². The number of rotatable bonds is 9. The van der Waals surface area contributed by atoms with E-state index in [1.54, 1.807) is 6.26 Å². The summed E-state index contributed by atoms with van der Waals surface area (Å²) in [5, 5.41) is 14.1. The molecule has 1 N–H and O–H groups in total. The van der Waals surface area contributed by atoms with Gasteiger partial charge in [0.2, 0.25) is 0 Å². The van der Waals surface area contributed by atoms with E-state index in [-0.39, 0.29) is 17.7 Å². The summed E-state index contributed by atoms with van der Waals surface area (Å²) in [6.07, 6.45) is 9.14. The Morgan fingerprint density at radius 2 is 2.05 bits per heavy atom. The van der Waals surface area contributed by atoms with Crippen molar-refractivity contribution in [1.82, 2.24) is 30.1 Å². The maximum Gasteiger partial charge on any atom is 0.253 e. The Labute approximate surface area is 215 Å². The number of hydrogen-bond acceptors (Lipinski definition) is 7. The van der Waals surface area contributed by atoms with Gasteiger partial charge in [-0.05, 0) is 83.8 Å². The van der Waals surface area contributed by atoms with Crippen molar-refractivity contribution in [3.8, 4) is 0 Å². The molecule has 0 spiro atoms. The molecular formula is C28H34N6O3. The Balaban J connectivity index is 1.50. The second-order valence-corrected chi connectivity index (χ2v) is 10.3. The lowest BCUT2D eigenvalue weighted by Gasteiger charge is -2.32. The number of hydrogen-bond donors (Lipinski definition) is 1. The van der Waals surface area contributed by atoms with E-state index in [1.165, 1.54) is 5.56 Å². The molecule has 4 heterocycles. The Kier molecular flexibility index (Phi) is 6.89. The number of pyridine rings is 1. The van der Waals surface area contributed by atoms with Crippen LogP contribution in [0.25, 0.3) is 10.9 Å². The maximum atomic E-state index is 13.7. The molecule has 0 radical (unpaired) electrons. The Morgan fingerprint density at radius 3 is 2.81 bits per heavy atom. The van der Waals surface area contributed by atoms with Gasteiger partial charge in [-0.25, -0.2) is 4.68 Å². The molecule has 1 aromatic carbocycles. The third kappa shape index (κ3) is 4.98. The van der Waals surface area contributed by atoms with Gasteiger partial charge in [0.05, 0.1) is 25.0 Å². The summed E-state index contributed by atoms with van der Waals surface area (Å²) in [7, 11) is 0. The summed E-state index contributed by atoms with van der Waals surface area (Å²) in [4.78, 5) is 19.1. The fourth-order valence-electron chi connectivity index (χ4n) is 5.90. The summed E-state index contributed by atoms with van der Waals surface area (Å²) in [6.45, 7) is 4.07. The number of nitrogens with one attached hydrogen (secondary N) is 1. The molecule has 6 rings (SSSR count). The third-order valence-electron chi connectivity index (χ3n) is 7.84. The average molecular weight is 503 g/mol. The van der Waals surface area contributed by atoms with E-state index in [1.807, 2.05) is 28.9 Å². The molecule has 1 aliphatic heterocycles. The Morgan fingerprint density at radius 1 is 1.16 bits per heavy atom. The SMILES string of the molecule is CCc1ccc2[nH]c(=O)c([C@H](c3nnnn3C3CCCC3)N(Cc3ccco3)C[C@@H]3CCCO3)cc2c1. The second kappa shape index (κ2) is 10.6. The number of nitrogens with zero attached hydrogens (tertiary/aromatic N) is 5. The quantitative estimate of drug-likeness (QED) is 0.358. The van der Waals surface area contributed by atoms with Crippen LogP contribution in [0, 0.1) is 0 Å². The number of aromatic nitrogens is 5. The van der Waals surface area contributed by atoms with Gasteiger partial charge in [-0.2, -0.15) is 0 Å². The highest BCUT2D eigenvalue weighted by Gasteiger charge is 2.35. The van der Waals surface area contributed by atoms with Crippen molar-refractivity contribution in [2.45, 2.75) is 76.6 Å². The standard InChI is InChI=1S/C28H34N6O3/c1-2-19-11-12-25-20(15-19)16-24(28(35)29-25)26(27-30-31-32-34(27)21-7-3-4-8-21)33(17-22-9-5-13-36-22)18-23-10-6-14-37-23/h5,9,11-13,15-16,21,23,26H,2-4,6-8,10,14,17-18H2,1H3,(H,29,35)/t23-,26+/m0/s1. The summed E-state index contributed by atoms with van der Waals surface area (Å²) < 4.78 is 13.8. The van der Waals surface area contributed by atoms with Crippen LogP contribution in [0.1, 0.15) is 80.2 Å². The van der Waals surface area contributed by atoms with E-state index in [0.717, 1.165) is 68.2 Å². The topological polar surface area (TPSA) is 102 Å². The zero-order valence-corrected chi connectivity index (χ0v) is 21.3. The number of furan rings is 1. The summed E-state index contributed by atoms with van der Waals surface area (Å²) in [5.41, 5.74) is 2.57. The first-order valence-corrected chi connectivity index (χ1v) is 13.5. The molecular weight excluding hydrogens is 468 g/mol. The molecule has 9 nitrogen and oxygen atoms in total. The Hall–Kier alpha value is -3.30. The van der Waals surface area contributed by atoms with Gasteiger partial charge < -0.3 is 14.1 Å². The van der Waals surface area contributed by atoms with Crippen LogP contribution in [0.3, 0.4) is 0 Å². The smallest absolute Gasteiger partial charge is 0.253 e. The van der Waals surface area contributed by atoms with E-state index >= 15 is 0 Å². The molecule has 1 saturated heterocycles. The number of fused-ring (bicyclic) bond motifs is 1. The minimum absolute atomic E-state index is 0.0829. The zero-order chi connectivity index (χ0) is 25.2. The minimum atomic E-state index is -0.455. The van der Waals surface area contributed by atoms with Crippen LogP contribution in [-0.2, 0) is 17.7 Å². The first-order valence-electron chi connectivity index (χ1n) is 13.5. The van der Waals surface area contributed by atoms with Gasteiger partial charge in [-0.1, -0.05) is 25.8 Å². The third-order valence-corrected chi connectivity index (χ3v) is 7.84. The fraction of sp³-hybridized carbons (Fsp3) is 0.500. The molecule has 0 amide bonds. The molecule has 4 aromatic rings. The highest BCUT2D eigenvalue weighted by Crippen LogP contribution is 2.35. The summed E-state index contributed by atoms with van der Waals surface area (Å²) in [6, 6.07) is 11.9. The van der Waals surface area contributed by atoms with Crippen molar-refractivity contribution in [3.63, 3.8) is 0 Å². The van der Waals surface area contributed by atoms with Crippen LogP contribution in [0.2, 0.25) is 0 Å². The average Bonchev–Trinajstić information content (AvgIpc) is 3.73. The van der Waals surface area contributed by atoms with Crippen LogP contribution in [0.4, 0.5) is 0 Å². The lowest BCUT2D eigenvalue weighted by atomic mass is 10.0. The van der Waals surface area contributed by atoms with Crippen LogP contribution in [0.5, 0.6) is 0 Å². The molecule has 0 unspecified atom stereocenters. The van der Waals surface area contributed by atoms with Crippen molar-refractivity contribution in [3.05, 3.63) is 75.7 Å². The largest absolute Gasteiger partial charge is 0.468 e. The number of aryl methyl sites for hydroxylation is 1. The number of H-pyrrole nitrogens is 1. The molecule has 1 aliphatic carbocycles. The van der Waals surface area contributed by atoms with E-state index in [9.17, 15) is 4.79 Å². The van der Waals surface area contributed by atoms with Crippen molar-refractivity contribution in [2.75, 3.05) is 13.2 Å². The van der Waals surface area contributed by atoms with Gasteiger partial charge in [-0.3, -0.25) is 9.69 Å². The second-order valence-electron chi connectivity index (χ2n) is 10.3. The molecule has 0 bridgehead atoms. The monoisotopic (exact) mass is 502 g/mol. The first kappa shape index (κ1) is 24.1. The van der Waals surface area contributed by atoms with Gasteiger partial charge in [0, 0.05) is 24.2 Å². The lowest BCUT2D eigenvalue weighted by molar-refractivity contribution is 0.0541. The van der Waals surface area contributed by atoms with E-state index in [4.69, 9.17) is 9.15 Å². The zero-order valence-electron chi connectivity index (χ0n) is 21.3. The highest BCUT2D eigenvalue weighted by molar-refractivity contribution is 5.80. The van der Waals surface area contributed by atoms with Crippen LogP contribution in [0.15, 0.2) is 51.9 Å². The van der Waals surface area contributed by atoms with Crippen LogP contribution in [-0.4, -0.2) is 49.3 Å². The van der Waals surface area contributed by atoms with Gasteiger partial charge in [0.1, 0.15) is 11.8 Å². The van der Waals surface area contributed by atoms with Crippen molar-refractivity contribution in [1.29, 1.82) is 0 Å². The van der Waals surface area contributed by atoms with Gasteiger partial charge in [-0.15, -0.1) is 5.10 Å². The minimum Gasteiger partial charge on any atom is -0.468 e. The van der Waals surface area contributed by atoms with Gasteiger partial charge in [0.25, 0.3) is 5.56 Å². The normalized spacial score (nSPS) is 19.4. The van der Waals surface area contributed by atoms with E-state index in [0.29, 0.717) is 24.5 Å². The molecule has 2 atom stereocenters. The number of ether oxygens (including phenoxy) is 1. The molecule has 1 saturated carbocycles. The van der Waals surface area contributed by atoms with Crippen molar-refractivity contribution >= 4 is 10.9 Å². The molecule has 2 aliphatic rings. The maximum absolute atomic E-state index is 13.7. The predicted molar refractivity (Wildman–Crippen MR) is 139 cm³/mol. The molecule has 3 aromatic heterocycles. The molecule has 9 heteroatoms. The van der Waals surface area contributed by atoms with Crippen LogP contribution >= 0.6 is 0 Å². The van der Waals surface area contributed by atoms with Gasteiger partial charge in [0.15, 0.2) is 5.82 Å².